The van der Waals surface area contributed by atoms with Crippen LogP contribution in [0.5, 0.6) is 0 Å². The number of hydrogen-bond donors (Lipinski definition) is 1. The first-order chi connectivity index (χ1) is 9.21. The fourth-order valence-corrected chi connectivity index (χ4v) is 2.17. The first-order valence-corrected chi connectivity index (χ1v) is 7.14. The molecule has 0 saturated heterocycles. The van der Waals surface area contributed by atoms with E-state index >= 15 is 0 Å². The van der Waals surface area contributed by atoms with E-state index in [2.05, 4.69) is 37.1 Å². The molecule has 0 unspecified atom stereocenters. The molecule has 1 N–H and O–H groups in total. The second-order valence-corrected chi connectivity index (χ2v) is 4.86. The van der Waals surface area contributed by atoms with E-state index in [0.29, 0.717) is 0 Å². The lowest BCUT2D eigenvalue weighted by atomic mass is 10.1. The summed E-state index contributed by atoms with van der Waals surface area (Å²) in [5.41, 5.74) is 3.20. The lowest BCUT2D eigenvalue weighted by molar-refractivity contribution is 0.287. The minimum atomic E-state index is 0.737. The van der Waals surface area contributed by atoms with Gasteiger partial charge in [0, 0.05) is 19.6 Å². The van der Waals surface area contributed by atoms with Crippen LogP contribution in [0.1, 0.15) is 37.0 Å². The van der Waals surface area contributed by atoms with Gasteiger partial charge in [0.05, 0.1) is 11.6 Å². The Morgan fingerprint density at radius 1 is 1.26 bits per heavy atom. The molecule has 3 nitrogen and oxygen atoms in total. The van der Waals surface area contributed by atoms with E-state index < -0.39 is 0 Å². The molecule has 0 aliphatic carbocycles. The Hall–Kier alpha value is -1.37. The van der Waals surface area contributed by atoms with Crippen molar-refractivity contribution in [3.05, 3.63) is 34.9 Å². The highest BCUT2D eigenvalue weighted by molar-refractivity contribution is 5.37. The normalized spacial score (nSPS) is 10.7. The van der Waals surface area contributed by atoms with Crippen molar-refractivity contribution in [1.82, 2.24) is 10.2 Å². The summed E-state index contributed by atoms with van der Waals surface area (Å²) in [6, 6.07) is 8.06. The zero-order valence-electron chi connectivity index (χ0n) is 12.4. The zero-order chi connectivity index (χ0) is 14.1. The van der Waals surface area contributed by atoms with E-state index in [9.17, 15) is 0 Å². The highest BCUT2D eigenvalue weighted by Gasteiger charge is 2.02. The number of nitrogens with zero attached hydrogens (tertiary/aromatic N) is 2. The van der Waals surface area contributed by atoms with E-state index in [1.54, 1.807) is 0 Å². The van der Waals surface area contributed by atoms with Gasteiger partial charge in [0.25, 0.3) is 0 Å². The molecule has 0 heterocycles. The molecule has 0 aliphatic heterocycles. The van der Waals surface area contributed by atoms with Crippen LogP contribution in [-0.2, 0) is 6.54 Å². The van der Waals surface area contributed by atoms with Crippen LogP contribution in [0.3, 0.4) is 0 Å². The molecular formula is C16H25N3. The molecule has 0 bridgehead atoms. The summed E-state index contributed by atoms with van der Waals surface area (Å²) >= 11 is 0. The number of nitriles is 1. The maximum absolute atomic E-state index is 8.83. The highest BCUT2D eigenvalue weighted by Crippen LogP contribution is 2.10. The van der Waals surface area contributed by atoms with E-state index in [-0.39, 0.29) is 0 Å². The first kappa shape index (κ1) is 15.7. The molecule has 1 rings (SSSR count). The van der Waals surface area contributed by atoms with Gasteiger partial charge in [-0.1, -0.05) is 19.9 Å². The van der Waals surface area contributed by atoms with Crippen molar-refractivity contribution < 1.29 is 0 Å². The summed E-state index contributed by atoms with van der Waals surface area (Å²) in [6.45, 7) is 11.8. The average molecular weight is 259 g/mol. The van der Waals surface area contributed by atoms with Crippen LogP contribution in [0.4, 0.5) is 0 Å². The van der Waals surface area contributed by atoms with Gasteiger partial charge in [-0.15, -0.1) is 0 Å². The summed E-state index contributed by atoms with van der Waals surface area (Å²) < 4.78 is 0. The standard InChI is InChI=1S/C16H25N3/c1-4-9-19(5-2)10-8-18-13-16-7-6-15(12-17)11-14(16)3/h6-7,11,18H,4-5,8-10,13H2,1-3H3. The fourth-order valence-electron chi connectivity index (χ4n) is 2.17. The minimum Gasteiger partial charge on any atom is -0.311 e. The Morgan fingerprint density at radius 2 is 2.05 bits per heavy atom. The van der Waals surface area contributed by atoms with Crippen molar-refractivity contribution in [2.24, 2.45) is 0 Å². The van der Waals surface area contributed by atoms with E-state index in [0.717, 1.165) is 31.7 Å². The predicted molar refractivity (Wildman–Crippen MR) is 80.0 cm³/mol. The molecule has 0 aliphatic rings. The molecular weight excluding hydrogens is 234 g/mol. The van der Waals surface area contributed by atoms with Gasteiger partial charge in [0.15, 0.2) is 0 Å². The van der Waals surface area contributed by atoms with Crippen LogP contribution >= 0.6 is 0 Å². The maximum Gasteiger partial charge on any atom is 0.0991 e. The number of rotatable bonds is 8. The lowest BCUT2D eigenvalue weighted by Gasteiger charge is -2.19. The molecule has 1 aromatic carbocycles. The topological polar surface area (TPSA) is 39.1 Å². The van der Waals surface area contributed by atoms with Crippen molar-refractivity contribution in [3.8, 4) is 6.07 Å². The Balaban J connectivity index is 2.35. The van der Waals surface area contributed by atoms with Gasteiger partial charge >= 0.3 is 0 Å². The van der Waals surface area contributed by atoms with Gasteiger partial charge in [-0.3, -0.25) is 0 Å². The molecule has 0 amide bonds. The Bertz CT molecular complexity index is 420. The monoisotopic (exact) mass is 259 g/mol. The third-order valence-electron chi connectivity index (χ3n) is 3.38. The molecule has 104 valence electrons. The van der Waals surface area contributed by atoms with E-state index in [1.807, 2.05) is 18.2 Å². The number of benzene rings is 1. The second kappa shape index (κ2) is 8.68. The van der Waals surface area contributed by atoms with Gasteiger partial charge in [-0.05, 0) is 49.7 Å². The van der Waals surface area contributed by atoms with Crippen LogP contribution in [0.15, 0.2) is 18.2 Å². The van der Waals surface area contributed by atoms with Gasteiger partial charge in [0.1, 0.15) is 0 Å². The SMILES string of the molecule is CCCN(CC)CCNCc1ccc(C#N)cc1C. The van der Waals surface area contributed by atoms with Crippen LogP contribution in [-0.4, -0.2) is 31.1 Å². The van der Waals surface area contributed by atoms with Gasteiger partial charge in [-0.25, -0.2) is 0 Å². The van der Waals surface area contributed by atoms with Crippen LogP contribution < -0.4 is 5.32 Å². The first-order valence-electron chi connectivity index (χ1n) is 7.14. The summed E-state index contributed by atoms with van der Waals surface area (Å²) in [5.74, 6) is 0. The van der Waals surface area contributed by atoms with Crippen LogP contribution in [0.2, 0.25) is 0 Å². The Labute approximate surface area is 117 Å². The summed E-state index contributed by atoms with van der Waals surface area (Å²) in [5, 5.41) is 12.3. The quantitative estimate of drug-likeness (QED) is 0.730. The predicted octanol–water partition coefficient (Wildman–Crippen LogP) is 2.69. The molecule has 0 fully saturated rings. The molecule has 0 saturated carbocycles. The van der Waals surface area contributed by atoms with Crippen molar-refractivity contribution in [2.45, 2.75) is 33.7 Å². The lowest BCUT2D eigenvalue weighted by Crippen LogP contribution is -2.32. The van der Waals surface area contributed by atoms with Crippen molar-refractivity contribution in [2.75, 3.05) is 26.2 Å². The maximum atomic E-state index is 8.83. The average Bonchev–Trinajstić information content (AvgIpc) is 2.43. The number of hydrogen-bond acceptors (Lipinski definition) is 3. The van der Waals surface area contributed by atoms with Crippen LogP contribution in [0, 0.1) is 18.3 Å². The Morgan fingerprint density at radius 3 is 2.63 bits per heavy atom. The molecule has 0 atom stereocenters. The Kier molecular flexibility index (Phi) is 7.17. The molecule has 1 aromatic rings. The van der Waals surface area contributed by atoms with Crippen molar-refractivity contribution in [1.29, 1.82) is 5.26 Å². The van der Waals surface area contributed by atoms with Gasteiger partial charge in [0.2, 0.25) is 0 Å². The smallest absolute Gasteiger partial charge is 0.0991 e. The number of likely N-dealkylation sites (N-methyl/N-ethyl adjacent to an activating group) is 1. The van der Waals surface area contributed by atoms with Gasteiger partial charge in [-0.2, -0.15) is 5.26 Å². The molecule has 0 spiro atoms. The molecule has 3 heteroatoms. The molecule has 0 radical (unpaired) electrons. The summed E-state index contributed by atoms with van der Waals surface area (Å²) in [4.78, 5) is 2.46. The number of nitrogens with one attached hydrogen (secondary N) is 1. The number of aryl methyl sites for hydroxylation is 1. The summed E-state index contributed by atoms with van der Waals surface area (Å²) in [7, 11) is 0. The van der Waals surface area contributed by atoms with Crippen molar-refractivity contribution >= 4 is 0 Å². The zero-order valence-corrected chi connectivity index (χ0v) is 12.4. The second-order valence-electron chi connectivity index (χ2n) is 4.86. The fraction of sp³-hybridized carbons (Fsp3) is 0.562. The molecule has 19 heavy (non-hydrogen) atoms. The largest absolute Gasteiger partial charge is 0.311 e. The third-order valence-corrected chi connectivity index (χ3v) is 3.38. The van der Waals surface area contributed by atoms with Crippen molar-refractivity contribution in [3.63, 3.8) is 0 Å². The molecule has 0 aromatic heterocycles. The highest BCUT2D eigenvalue weighted by atomic mass is 15.1. The van der Waals surface area contributed by atoms with Gasteiger partial charge < -0.3 is 10.2 Å². The third kappa shape index (κ3) is 5.42. The minimum absolute atomic E-state index is 0.737. The summed E-state index contributed by atoms with van der Waals surface area (Å²) in [6.07, 6.45) is 1.21. The van der Waals surface area contributed by atoms with Crippen LogP contribution in [0.25, 0.3) is 0 Å². The van der Waals surface area contributed by atoms with E-state index in [1.165, 1.54) is 24.1 Å². The van der Waals surface area contributed by atoms with E-state index in [4.69, 9.17) is 5.26 Å².